The summed E-state index contributed by atoms with van der Waals surface area (Å²) < 4.78 is 0. The lowest BCUT2D eigenvalue weighted by Gasteiger charge is -2.28. The highest BCUT2D eigenvalue weighted by Crippen LogP contribution is 2.24. The molecular weight excluding hydrogens is 270 g/mol. The number of aliphatic hydroxyl groups is 1. The predicted octanol–water partition coefficient (Wildman–Crippen LogP) is 4.63. The summed E-state index contributed by atoms with van der Waals surface area (Å²) in [7, 11) is 0. The van der Waals surface area contributed by atoms with Crippen LogP contribution in [0.3, 0.4) is 0 Å². The Morgan fingerprint density at radius 3 is 1.68 bits per heavy atom. The van der Waals surface area contributed by atoms with Gasteiger partial charge in [0, 0.05) is 19.6 Å². The van der Waals surface area contributed by atoms with Crippen molar-refractivity contribution in [2.45, 2.75) is 60.0 Å². The van der Waals surface area contributed by atoms with Gasteiger partial charge in [-0.05, 0) is 28.4 Å². The molecule has 1 aromatic rings. The zero-order valence-electron chi connectivity index (χ0n) is 15.6. The van der Waals surface area contributed by atoms with E-state index in [-0.39, 0.29) is 5.41 Å². The first-order chi connectivity index (χ1) is 10.1. The van der Waals surface area contributed by atoms with Crippen molar-refractivity contribution in [3.05, 3.63) is 35.4 Å². The SMILES string of the molecule is CC(C)CN(CC(C)C)CC(O)c1ccc(C(C)(C)C)cc1. The highest BCUT2D eigenvalue weighted by molar-refractivity contribution is 5.28. The maximum absolute atomic E-state index is 10.6. The Morgan fingerprint density at radius 2 is 1.32 bits per heavy atom. The molecule has 2 heteroatoms. The Hall–Kier alpha value is -0.860. The molecule has 1 atom stereocenters. The van der Waals surface area contributed by atoms with Crippen LogP contribution in [0.25, 0.3) is 0 Å². The fourth-order valence-electron chi connectivity index (χ4n) is 2.81. The van der Waals surface area contributed by atoms with Gasteiger partial charge in [-0.2, -0.15) is 0 Å². The Morgan fingerprint density at radius 1 is 0.864 bits per heavy atom. The third kappa shape index (κ3) is 6.50. The minimum absolute atomic E-state index is 0.158. The Labute approximate surface area is 137 Å². The lowest BCUT2D eigenvalue weighted by Crippen LogP contribution is -2.35. The van der Waals surface area contributed by atoms with Gasteiger partial charge in [-0.25, -0.2) is 0 Å². The maximum atomic E-state index is 10.6. The van der Waals surface area contributed by atoms with Crippen LogP contribution in [-0.4, -0.2) is 29.6 Å². The number of nitrogens with zero attached hydrogens (tertiary/aromatic N) is 1. The van der Waals surface area contributed by atoms with Crippen molar-refractivity contribution >= 4 is 0 Å². The maximum Gasteiger partial charge on any atom is 0.0916 e. The molecule has 1 N–H and O–H groups in total. The number of benzene rings is 1. The summed E-state index contributed by atoms with van der Waals surface area (Å²) in [5.74, 6) is 1.24. The van der Waals surface area contributed by atoms with Crippen molar-refractivity contribution in [3.63, 3.8) is 0 Å². The van der Waals surface area contributed by atoms with E-state index in [1.165, 1.54) is 5.56 Å². The normalized spacial score (nSPS) is 14.1. The van der Waals surface area contributed by atoms with Crippen LogP contribution < -0.4 is 0 Å². The summed E-state index contributed by atoms with van der Waals surface area (Å²) in [6.45, 7) is 18.4. The fourth-order valence-corrected chi connectivity index (χ4v) is 2.81. The van der Waals surface area contributed by atoms with E-state index in [0.717, 1.165) is 18.7 Å². The van der Waals surface area contributed by atoms with Crippen molar-refractivity contribution in [1.29, 1.82) is 0 Å². The Kier molecular flexibility index (Phi) is 7.08. The van der Waals surface area contributed by atoms with Gasteiger partial charge in [-0.15, -0.1) is 0 Å². The molecule has 0 aromatic heterocycles. The number of hydrogen-bond acceptors (Lipinski definition) is 2. The molecular formula is C20H35NO. The van der Waals surface area contributed by atoms with Gasteiger partial charge in [0.1, 0.15) is 0 Å². The van der Waals surface area contributed by atoms with Crippen LogP contribution in [0.5, 0.6) is 0 Å². The first-order valence-electron chi connectivity index (χ1n) is 8.60. The molecule has 0 amide bonds. The topological polar surface area (TPSA) is 23.5 Å². The smallest absolute Gasteiger partial charge is 0.0916 e. The average Bonchev–Trinajstić information content (AvgIpc) is 2.36. The second-order valence-electron chi connectivity index (χ2n) is 8.39. The van der Waals surface area contributed by atoms with Crippen molar-refractivity contribution in [3.8, 4) is 0 Å². The lowest BCUT2D eigenvalue weighted by molar-refractivity contribution is 0.0987. The zero-order valence-corrected chi connectivity index (χ0v) is 15.6. The molecule has 1 rings (SSSR count). The van der Waals surface area contributed by atoms with E-state index in [2.05, 4.69) is 77.6 Å². The van der Waals surface area contributed by atoms with Gasteiger partial charge in [0.05, 0.1) is 6.10 Å². The van der Waals surface area contributed by atoms with E-state index in [1.54, 1.807) is 0 Å². The van der Waals surface area contributed by atoms with Crippen molar-refractivity contribution in [2.75, 3.05) is 19.6 Å². The number of hydrogen-bond donors (Lipinski definition) is 1. The molecule has 0 spiro atoms. The van der Waals surface area contributed by atoms with E-state index < -0.39 is 6.10 Å². The van der Waals surface area contributed by atoms with Gasteiger partial charge in [0.15, 0.2) is 0 Å². The van der Waals surface area contributed by atoms with Gasteiger partial charge < -0.3 is 5.11 Å². The van der Waals surface area contributed by atoms with Crippen molar-refractivity contribution < 1.29 is 5.11 Å². The highest BCUT2D eigenvalue weighted by Gasteiger charge is 2.17. The molecule has 2 nitrogen and oxygen atoms in total. The van der Waals surface area contributed by atoms with Gasteiger partial charge in [-0.3, -0.25) is 4.90 Å². The van der Waals surface area contributed by atoms with Crippen LogP contribution in [0.2, 0.25) is 0 Å². The average molecular weight is 306 g/mol. The molecule has 0 saturated carbocycles. The monoisotopic (exact) mass is 305 g/mol. The molecule has 126 valence electrons. The minimum Gasteiger partial charge on any atom is -0.387 e. The van der Waals surface area contributed by atoms with Gasteiger partial charge in [0.25, 0.3) is 0 Å². The van der Waals surface area contributed by atoms with Crippen LogP contribution in [-0.2, 0) is 5.41 Å². The second kappa shape index (κ2) is 8.12. The molecule has 0 fully saturated rings. The molecule has 1 aromatic carbocycles. The van der Waals surface area contributed by atoms with E-state index in [0.29, 0.717) is 18.4 Å². The first kappa shape index (κ1) is 19.2. The molecule has 0 aliphatic heterocycles. The molecule has 22 heavy (non-hydrogen) atoms. The van der Waals surface area contributed by atoms with Crippen LogP contribution in [0.4, 0.5) is 0 Å². The number of aliphatic hydroxyl groups excluding tert-OH is 1. The molecule has 0 aliphatic rings. The van der Waals surface area contributed by atoms with Gasteiger partial charge in [0.2, 0.25) is 0 Å². The third-order valence-electron chi connectivity index (χ3n) is 3.84. The van der Waals surface area contributed by atoms with E-state index in [1.807, 2.05) is 0 Å². The van der Waals surface area contributed by atoms with Crippen LogP contribution in [0, 0.1) is 11.8 Å². The van der Waals surface area contributed by atoms with Crippen LogP contribution in [0.15, 0.2) is 24.3 Å². The summed E-state index contributed by atoms with van der Waals surface area (Å²) in [5, 5.41) is 10.6. The second-order valence-corrected chi connectivity index (χ2v) is 8.39. The molecule has 0 bridgehead atoms. The van der Waals surface area contributed by atoms with E-state index >= 15 is 0 Å². The van der Waals surface area contributed by atoms with Crippen molar-refractivity contribution in [1.82, 2.24) is 4.90 Å². The van der Waals surface area contributed by atoms with Crippen LogP contribution in [0.1, 0.15) is 65.7 Å². The highest BCUT2D eigenvalue weighted by atomic mass is 16.3. The van der Waals surface area contributed by atoms with Gasteiger partial charge in [-0.1, -0.05) is 72.7 Å². The minimum atomic E-state index is -0.411. The molecule has 0 radical (unpaired) electrons. The van der Waals surface area contributed by atoms with Crippen molar-refractivity contribution in [2.24, 2.45) is 11.8 Å². The summed E-state index contributed by atoms with van der Waals surface area (Å²) in [5.41, 5.74) is 2.49. The first-order valence-corrected chi connectivity index (χ1v) is 8.60. The van der Waals surface area contributed by atoms with E-state index in [9.17, 15) is 5.11 Å². The van der Waals surface area contributed by atoms with Gasteiger partial charge >= 0.3 is 0 Å². The molecule has 0 saturated heterocycles. The largest absolute Gasteiger partial charge is 0.387 e. The molecule has 1 unspecified atom stereocenters. The number of rotatable bonds is 7. The van der Waals surface area contributed by atoms with E-state index in [4.69, 9.17) is 0 Å². The van der Waals surface area contributed by atoms with Crippen LogP contribution >= 0.6 is 0 Å². The summed E-state index contributed by atoms with van der Waals surface area (Å²) in [6.07, 6.45) is -0.411. The Bertz CT molecular complexity index is 418. The standard InChI is InChI=1S/C20H35NO/c1-15(2)12-21(13-16(3)4)14-19(22)17-8-10-18(11-9-17)20(5,6)7/h8-11,15-16,19,22H,12-14H2,1-7H3. The summed E-state index contributed by atoms with van der Waals surface area (Å²) in [6, 6.07) is 8.45. The summed E-state index contributed by atoms with van der Waals surface area (Å²) >= 11 is 0. The molecule has 0 aliphatic carbocycles. The third-order valence-corrected chi connectivity index (χ3v) is 3.84. The predicted molar refractivity (Wildman–Crippen MR) is 96.2 cm³/mol. The zero-order chi connectivity index (χ0) is 16.9. The fraction of sp³-hybridized carbons (Fsp3) is 0.700. The summed E-state index contributed by atoms with van der Waals surface area (Å²) in [4.78, 5) is 2.39. The quantitative estimate of drug-likeness (QED) is 0.794. The lowest BCUT2D eigenvalue weighted by atomic mass is 9.86. The molecule has 0 heterocycles. The Balaban J connectivity index is 2.74.